The lowest BCUT2D eigenvalue weighted by Crippen LogP contribution is -2.28. The molecule has 0 radical (unpaired) electrons. The molecule has 0 N–H and O–H groups in total. The summed E-state index contributed by atoms with van der Waals surface area (Å²) in [4.78, 5) is 15.5. The van der Waals surface area contributed by atoms with Crippen molar-refractivity contribution < 1.29 is 0 Å². The second kappa shape index (κ2) is 16.8. The van der Waals surface area contributed by atoms with Gasteiger partial charge < -0.3 is 0 Å². The Bertz CT molecular complexity index is 3280. The van der Waals surface area contributed by atoms with Crippen molar-refractivity contribution in [2.75, 3.05) is 0 Å². The summed E-state index contributed by atoms with van der Waals surface area (Å²) in [6.07, 6.45) is 6.40. The predicted molar refractivity (Wildman–Crippen MR) is 273 cm³/mol. The standard InChI is InChI=1S/C63H47N3/c1-4-16-43(17-5-1)48-21-13-25-53(39-48)60-64-61(54-26-14-22-49(40-54)44-18-6-2-7-19-44)66-62(65-60)55-27-15-23-50(41-55)46-32-30-45(31-33-46)47-20-12-24-51(38-47)52-34-35-57-56-28-8-9-29-58(56)63(59(57)42-52)36-10-3-11-37-63/h1-2,4-9,12-35,38-42H,3,10-11,36-37H2. The zero-order valence-corrected chi connectivity index (χ0v) is 36.7. The van der Waals surface area contributed by atoms with Gasteiger partial charge in [-0.25, -0.2) is 15.0 Å². The second-order valence-electron chi connectivity index (χ2n) is 17.9. The van der Waals surface area contributed by atoms with Crippen LogP contribution in [0.15, 0.2) is 224 Å². The van der Waals surface area contributed by atoms with E-state index in [2.05, 4.69) is 212 Å². The van der Waals surface area contributed by atoms with Crippen LogP contribution in [0.25, 0.3) is 101 Å². The summed E-state index contributed by atoms with van der Waals surface area (Å²) in [7, 11) is 0. The molecule has 3 heteroatoms. The Morgan fingerprint density at radius 3 is 1.06 bits per heavy atom. The first kappa shape index (κ1) is 39.6. The van der Waals surface area contributed by atoms with Gasteiger partial charge in [-0.2, -0.15) is 0 Å². The molecule has 1 saturated carbocycles. The summed E-state index contributed by atoms with van der Waals surface area (Å²) >= 11 is 0. The van der Waals surface area contributed by atoms with Crippen LogP contribution in [-0.2, 0) is 5.41 Å². The summed E-state index contributed by atoms with van der Waals surface area (Å²) in [6.45, 7) is 0. The van der Waals surface area contributed by atoms with Gasteiger partial charge in [0.1, 0.15) is 0 Å². The molecule has 66 heavy (non-hydrogen) atoms. The van der Waals surface area contributed by atoms with E-state index in [-0.39, 0.29) is 5.41 Å². The Balaban J connectivity index is 0.870. The van der Waals surface area contributed by atoms with E-state index in [1.807, 2.05) is 12.1 Å². The van der Waals surface area contributed by atoms with Gasteiger partial charge in [-0.3, -0.25) is 0 Å². The average Bonchev–Trinajstić information content (AvgIpc) is 3.66. The monoisotopic (exact) mass is 845 g/mol. The first-order valence-electron chi connectivity index (χ1n) is 23.3. The lowest BCUT2D eigenvalue weighted by Gasteiger charge is -2.36. The van der Waals surface area contributed by atoms with Crippen LogP contribution in [0.4, 0.5) is 0 Å². The Morgan fingerprint density at radius 2 is 0.576 bits per heavy atom. The molecule has 1 fully saturated rings. The molecule has 2 aliphatic rings. The predicted octanol–water partition coefficient (Wildman–Crippen LogP) is 16.4. The summed E-state index contributed by atoms with van der Waals surface area (Å²) in [5.74, 6) is 1.90. The average molecular weight is 846 g/mol. The molecule has 9 aromatic carbocycles. The van der Waals surface area contributed by atoms with Gasteiger partial charge in [-0.1, -0.05) is 213 Å². The van der Waals surface area contributed by atoms with E-state index in [4.69, 9.17) is 15.0 Å². The van der Waals surface area contributed by atoms with Crippen LogP contribution in [0, 0.1) is 0 Å². The maximum atomic E-state index is 5.17. The van der Waals surface area contributed by atoms with E-state index < -0.39 is 0 Å². The van der Waals surface area contributed by atoms with Crippen molar-refractivity contribution in [3.63, 3.8) is 0 Å². The quantitative estimate of drug-likeness (QED) is 0.153. The maximum Gasteiger partial charge on any atom is 0.164 e. The van der Waals surface area contributed by atoms with Crippen LogP contribution < -0.4 is 0 Å². The molecule has 1 aromatic heterocycles. The van der Waals surface area contributed by atoms with Crippen LogP contribution >= 0.6 is 0 Å². The van der Waals surface area contributed by atoms with E-state index >= 15 is 0 Å². The van der Waals surface area contributed by atoms with E-state index in [1.54, 1.807) is 0 Å². The normalized spacial score (nSPS) is 13.6. The number of fused-ring (bicyclic) bond motifs is 5. The zero-order valence-electron chi connectivity index (χ0n) is 36.7. The summed E-state index contributed by atoms with van der Waals surface area (Å²) < 4.78 is 0. The lowest BCUT2D eigenvalue weighted by molar-refractivity contribution is 0.353. The minimum Gasteiger partial charge on any atom is -0.208 e. The summed E-state index contributed by atoms with van der Waals surface area (Å²) in [5.41, 5.74) is 20.6. The zero-order chi connectivity index (χ0) is 43.9. The third kappa shape index (κ3) is 7.33. The Hall–Kier alpha value is -8.01. The molecule has 2 aliphatic carbocycles. The van der Waals surface area contributed by atoms with E-state index in [1.165, 1.54) is 76.6 Å². The highest BCUT2D eigenvalue weighted by Crippen LogP contribution is 2.56. The Labute approximate surface area is 387 Å². The number of benzene rings is 9. The lowest BCUT2D eigenvalue weighted by atomic mass is 9.67. The molecular formula is C63H47N3. The first-order chi connectivity index (χ1) is 32.6. The van der Waals surface area contributed by atoms with Crippen LogP contribution in [-0.4, -0.2) is 15.0 Å². The topological polar surface area (TPSA) is 38.7 Å². The van der Waals surface area contributed by atoms with Gasteiger partial charge in [0, 0.05) is 22.1 Å². The number of rotatable bonds is 8. The third-order valence-corrected chi connectivity index (χ3v) is 13.9. The molecule has 314 valence electrons. The van der Waals surface area contributed by atoms with Gasteiger partial charge in [0.15, 0.2) is 17.5 Å². The molecule has 1 spiro atoms. The molecule has 3 nitrogen and oxygen atoms in total. The van der Waals surface area contributed by atoms with Crippen LogP contribution in [0.5, 0.6) is 0 Å². The van der Waals surface area contributed by atoms with Crippen molar-refractivity contribution in [3.8, 4) is 101 Å². The van der Waals surface area contributed by atoms with E-state index in [0.717, 1.165) is 50.1 Å². The number of nitrogens with zero attached hydrogens (tertiary/aromatic N) is 3. The van der Waals surface area contributed by atoms with Crippen molar-refractivity contribution in [3.05, 3.63) is 236 Å². The van der Waals surface area contributed by atoms with Crippen molar-refractivity contribution >= 4 is 0 Å². The first-order valence-corrected chi connectivity index (χ1v) is 23.3. The maximum absolute atomic E-state index is 5.17. The highest BCUT2D eigenvalue weighted by atomic mass is 15.0. The van der Waals surface area contributed by atoms with Gasteiger partial charge in [-0.05, 0) is 121 Å². The van der Waals surface area contributed by atoms with Crippen molar-refractivity contribution in [2.45, 2.75) is 37.5 Å². The largest absolute Gasteiger partial charge is 0.208 e. The Morgan fingerprint density at radius 1 is 0.242 bits per heavy atom. The summed E-state index contributed by atoms with van der Waals surface area (Å²) in [6, 6.07) is 80.8. The molecule has 0 unspecified atom stereocenters. The fraction of sp³-hybridized carbons (Fsp3) is 0.0952. The fourth-order valence-corrected chi connectivity index (χ4v) is 10.6. The van der Waals surface area contributed by atoms with Crippen LogP contribution in [0.3, 0.4) is 0 Å². The molecule has 0 aliphatic heterocycles. The number of hydrogen-bond acceptors (Lipinski definition) is 3. The molecule has 0 bridgehead atoms. The SMILES string of the molecule is c1ccc(-c2cccc(-c3nc(-c4cccc(-c5ccccc5)c4)nc(-c4cccc(-c5ccc(-c6cccc(-c7ccc8c(c7)C7(CCCCC7)c7ccccc7-8)c6)cc5)c4)n3)c2)cc1. The van der Waals surface area contributed by atoms with Crippen molar-refractivity contribution in [1.82, 2.24) is 15.0 Å². The second-order valence-corrected chi connectivity index (χ2v) is 17.9. The van der Waals surface area contributed by atoms with Crippen molar-refractivity contribution in [2.24, 2.45) is 0 Å². The van der Waals surface area contributed by atoms with Gasteiger partial charge in [0.2, 0.25) is 0 Å². The van der Waals surface area contributed by atoms with Gasteiger partial charge in [0.05, 0.1) is 0 Å². The summed E-state index contributed by atoms with van der Waals surface area (Å²) in [5, 5.41) is 0. The third-order valence-electron chi connectivity index (χ3n) is 13.9. The van der Waals surface area contributed by atoms with Gasteiger partial charge >= 0.3 is 0 Å². The van der Waals surface area contributed by atoms with Crippen LogP contribution in [0.1, 0.15) is 43.2 Å². The fourth-order valence-electron chi connectivity index (χ4n) is 10.6. The van der Waals surface area contributed by atoms with Gasteiger partial charge in [-0.15, -0.1) is 0 Å². The number of hydrogen-bond donors (Lipinski definition) is 0. The van der Waals surface area contributed by atoms with Crippen molar-refractivity contribution in [1.29, 1.82) is 0 Å². The smallest absolute Gasteiger partial charge is 0.164 e. The van der Waals surface area contributed by atoms with Gasteiger partial charge in [0.25, 0.3) is 0 Å². The molecule has 0 amide bonds. The molecular weight excluding hydrogens is 799 g/mol. The molecule has 10 aromatic rings. The molecule has 0 atom stereocenters. The number of aromatic nitrogens is 3. The highest BCUT2D eigenvalue weighted by molar-refractivity contribution is 5.85. The molecule has 12 rings (SSSR count). The minimum absolute atomic E-state index is 0.141. The Kier molecular flexibility index (Phi) is 10.1. The minimum atomic E-state index is 0.141. The van der Waals surface area contributed by atoms with E-state index in [0.29, 0.717) is 17.5 Å². The highest BCUT2D eigenvalue weighted by Gasteiger charge is 2.43. The van der Waals surface area contributed by atoms with E-state index in [9.17, 15) is 0 Å². The molecule has 1 heterocycles. The molecule has 0 saturated heterocycles. The van der Waals surface area contributed by atoms with Crippen LogP contribution in [0.2, 0.25) is 0 Å².